The van der Waals surface area contributed by atoms with Crippen LogP contribution in [0.4, 0.5) is 0 Å². The average Bonchev–Trinajstić information content (AvgIpc) is 3.18. The van der Waals surface area contributed by atoms with Crippen molar-refractivity contribution in [2.45, 2.75) is 12.6 Å². The molecule has 35 heavy (non-hydrogen) atoms. The van der Waals surface area contributed by atoms with Crippen LogP contribution in [-0.4, -0.2) is 73.0 Å². The van der Waals surface area contributed by atoms with E-state index in [1.165, 1.54) is 0 Å². The summed E-state index contributed by atoms with van der Waals surface area (Å²) in [4.78, 5) is 2.12. The van der Waals surface area contributed by atoms with Gasteiger partial charge >= 0.3 is 0 Å². The number of hydrogen-bond donors (Lipinski definition) is 1. The molecule has 0 aliphatic rings. The monoisotopic (exact) mass is 481 g/mol. The molecule has 2 aromatic carbocycles. The predicted molar refractivity (Wildman–Crippen MR) is 136 cm³/mol. The van der Waals surface area contributed by atoms with Crippen molar-refractivity contribution in [1.29, 1.82) is 0 Å². The van der Waals surface area contributed by atoms with Crippen molar-refractivity contribution in [3.8, 4) is 28.6 Å². The van der Waals surface area contributed by atoms with Crippen LogP contribution in [0.15, 0.2) is 67.3 Å². The summed E-state index contributed by atoms with van der Waals surface area (Å²) in [6.07, 6.45) is 1.00. The second-order valence-corrected chi connectivity index (χ2v) is 8.08. The molecule has 0 saturated carbocycles. The van der Waals surface area contributed by atoms with E-state index in [1.807, 2.05) is 61.6 Å². The molecule has 1 atom stereocenters. The van der Waals surface area contributed by atoms with E-state index in [4.69, 9.17) is 24.0 Å². The zero-order chi connectivity index (χ0) is 25.0. The molecule has 0 radical (unpaired) electrons. The van der Waals surface area contributed by atoms with Gasteiger partial charge in [-0.25, -0.2) is 4.68 Å². The molecule has 188 valence electrons. The second kappa shape index (κ2) is 13.7. The number of para-hydroxylation sites is 2. The highest BCUT2D eigenvalue weighted by Crippen LogP contribution is 2.37. The first kappa shape index (κ1) is 26.4. The first-order valence-electron chi connectivity index (χ1n) is 11.6. The largest absolute Gasteiger partial charge is 0.493 e. The van der Waals surface area contributed by atoms with Gasteiger partial charge < -0.3 is 24.1 Å². The molecule has 3 aromatic rings. The van der Waals surface area contributed by atoms with Crippen molar-refractivity contribution in [2.24, 2.45) is 7.05 Å². The molecule has 1 heterocycles. The molecule has 0 saturated heterocycles. The lowest BCUT2D eigenvalue weighted by atomic mass is 10.1. The van der Waals surface area contributed by atoms with E-state index in [0.717, 1.165) is 16.8 Å². The Balaban J connectivity index is 1.96. The van der Waals surface area contributed by atoms with E-state index in [1.54, 1.807) is 25.0 Å². The van der Waals surface area contributed by atoms with E-state index >= 15 is 0 Å². The molecule has 1 aromatic heterocycles. The Morgan fingerprint density at radius 3 is 2.49 bits per heavy atom. The number of rotatable bonds is 15. The number of aromatic nitrogens is 2. The molecule has 0 bridgehead atoms. The lowest BCUT2D eigenvalue weighted by Gasteiger charge is -2.25. The van der Waals surface area contributed by atoms with Crippen molar-refractivity contribution in [1.82, 2.24) is 14.7 Å². The third-order valence-corrected chi connectivity index (χ3v) is 5.42. The van der Waals surface area contributed by atoms with Crippen LogP contribution >= 0.6 is 0 Å². The second-order valence-electron chi connectivity index (χ2n) is 8.08. The normalized spacial score (nSPS) is 12.0. The molecule has 0 aliphatic heterocycles. The fourth-order valence-corrected chi connectivity index (χ4v) is 3.77. The standard InChI is InChI=1S/C27H35N3O5/c1-5-16-34-20-22(31)18-30(15-17-32-3)19-23-26(21-11-7-6-8-12-21)28-29(2)27(23)35-25-14-10-9-13-24(25)33-4/h5-14,22,31H,1,15-20H2,2-4H3. The Morgan fingerprint density at radius 2 is 1.80 bits per heavy atom. The van der Waals surface area contributed by atoms with Gasteiger partial charge in [-0.05, 0) is 12.1 Å². The number of aliphatic hydroxyl groups is 1. The Hall–Kier alpha value is -3.17. The quantitative estimate of drug-likeness (QED) is 0.261. The van der Waals surface area contributed by atoms with Crippen molar-refractivity contribution in [3.63, 3.8) is 0 Å². The molecular formula is C27H35N3O5. The first-order valence-corrected chi connectivity index (χ1v) is 11.6. The maximum absolute atomic E-state index is 10.6. The van der Waals surface area contributed by atoms with Crippen LogP contribution in [0.1, 0.15) is 5.56 Å². The zero-order valence-electron chi connectivity index (χ0n) is 20.7. The minimum absolute atomic E-state index is 0.221. The van der Waals surface area contributed by atoms with Gasteiger partial charge in [0.05, 0.1) is 38.6 Å². The highest BCUT2D eigenvalue weighted by Gasteiger charge is 2.24. The fourth-order valence-electron chi connectivity index (χ4n) is 3.77. The van der Waals surface area contributed by atoms with Crippen LogP contribution < -0.4 is 9.47 Å². The van der Waals surface area contributed by atoms with Gasteiger partial charge in [0.2, 0.25) is 5.88 Å². The van der Waals surface area contributed by atoms with Crippen LogP contribution in [0.3, 0.4) is 0 Å². The lowest BCUT2D eigenvalue weighted by Crippen LogP contribution is -2.36. The molecule has 0 aliphatic carbocycles. The number of benzene rings is 2. The molecule has 0 fully saturated rings. The SMILES string of the molecule is C=CCOCC(O)CN(CCOC)Cc1c(-c2ccccc2)nn(C)c1Oc1ccccc1OC. The number of hydrogen-bond acceptors (Lipinski definition) is 7. The van der Waals surface area contributed by atoms with Crippen LogP contribution in [0, 0.1) is 0 Å². The Bertz CT molecular complexity index is 1050. The van der Waals surface area contributed by atoms with Crippen molar-refractivity contribution in [2.75, 3.05) is 47.1 Å². The number of aliphatic hydroxyl groups excluding tert-OH is 1. The highest BCUT2D eigenvalue weighted by atomic mass is 16.5. The molecular weight excluding hydrogens is 446 g/mol. The van der Waals surface area contributed by atoms with E-state index in [2.05, 4.69) is 11.5 Å². The van der Waals surface area contributed by atoms with Gasteiger partial charge in [-0.15, -0.1) is 6.58 Å². The van der Waals surface area contributed by atoms with Gasteiger partial charge in [-0.2, -0.15) is 5.10 Å². The summed E-state index contributed by atoms with van der Waals surface area (Å²) in [5.41, 5.74) is 2.70. The molecule has 8 heteroatoms. The summed E-state index contributed by atoms with van der Waals surface area (Å²) in [7, 11) is 5.14. The summed E-state index contributed by atoms with van der Waals surface area (Å²) in [6, 6.07) is 17.5. The van der Waals surface area contributed by atoms with E-state index in [9.17, 15) is 5.11 Å². The van der Waals surface area contributed by atoms with Gasteiger partial charge in [0, 0.05) is 39.4 Å². The maximum Gasteiger partial charge on any atom is 0.222 e. The summed E-state index contributed by atoms with van der Waals surface area (Å²) < 4.78 is 24.4. The number of ether oxygens (including phenoxy) is 4. The van der Waals surface area contributed by atoms with Gasteiger partial charge in [0.25, 0.3) is 0 Å². The predicted octanol–water partition coefficient (Wildman–Crippen LogP) is 3.90. The Morgan fingerprint density at radius 1 is 1.09 bits per heavy atom. The van der Waals surface area contributed by atoms with Crippen molar-refractivity contribution < 1.29 is 24.1 Å². The third-order valence-electron chi connectivity index (χ3n) is 5.42. The van der Waals surface area contributed by atoms with Gasteiger partial charge in [0.1, 0.15) is 5.69 Å². The topological polar surface area (TPSA) is 78.2 Å². The Kier molecular flexibility index (Phi) is 10.3. The van der Waals surface area contributed by atoms with Crippen LogP contribution in [0.5, 0.6) is 17.4 Å². The minimum atomic E-state index is -0.665. The first-order chi connectivity index (χ1) is 17.1. The van der Waals surface area contributed by atoms with E-state index in [0.29, 0.717) is 50.2 Å². The molecule has 0 spiro atoms. The summed E-state index contributed by atoms with van der Waals surface area (Å²) in [6.45, 7) is 6.29. The van der Waals surface area contributed by atoms with Crippen molar-refractivity contribution >= 4 is 0 Å². The molecule has 3 rings (SSSR count). The van der Waals surface area contributed by atoms with Gasteiger partial charge in [-0.3, -0.25) is 4.90 Å². The van der Waals surface area contributed by atoms with E-state index in [-0.39, 0.29) is 6.61 Å². The molecule has 1 unspecified atom stereocenters. The molecule has 8 nitrogen and oxygen atoms in total. The van der Waals surface area contributed by atoms with Gasteiger partial charge in [0.15, 0.2) is 11.5 Å². The van der Waals surface area contributed by atoms with Crippen LogP contribution in [-0.2, 0) is 23.1 Å². The molecule has 0 amide bonds. The van der Waals surface area contributed by atoms with Crippen LogP contribution in [0.2, 0.25) is 0 Å². The minimum Gasteiger partial charge on any atom is -0.493 e. The summed E-state index contributed by atoms with van der Waals surface area (Å²) >= 11 is 0. The highest BCUT2D eigenvalue weighted by molar-refractivity contribution is 5.66. The third kappa shape index (κ3) is 7.40. The number of methoxy groups -OCH3 is 2. The smallest absolute Gasteiger partial charge is 0.222 e. The van der Waals surface area contributed by atoms with Gasteiger partial charge in [-0.1, -0.05) is 48.5 Å². The lowest BCUT2D eigenvalue weighted by molar-refractivity contribution is 0.0193. The number of nitrogens with zero attached hydrogens (tertiary/aromatic N) is 3. The summed E-state index contributed by atoms with van der Waals surface area (Å²) in [5.74, 6) is 1.83. The van der Waals surface area contributed by atoms with Crippen molar-refractivity contribution in [3.05, 3.63) is 72.8 Å². The van der Waals surface area contributed by atoms with Crippen LogP contribution in [0.25, 0.3) is 11.3 Å². The zero-order valence-corrected chi connectivity index (χ0v) is 20.7. The Labute approximate surface area is 207 Å². The fraction of sp³-hybridized carbons (Fsp3) is 0.370. The average molecular weight is 482 g/mol. The summed E-state index contributed by atoms with van der Waals surface area (Å²) in [5, 5.41) is 15.4. The number of aryl methyl sites for hydroxylation is 1. The molecule has 1 N–H and O–H groups in total. The maximum atomic E-state index is 10.6. The van der Waals surface area contributed by atoms with E-state index < -0.39 is 6.10 Å².